The third-order valence-corrected chi connectivity index (χ3v) is 2.59. The molecule has 0 fully saturated rings. The Balaban J connectivity index is 3.03. The lowest BCUT2D eigenvalue weighted by atomic mass is 10.0. The molecule has 0 aliphatic heterocycles. The average molecular weight is 283 g/mol. The Hall–Kier alpha value is -1.11. The van der Waals surface area contributed by atoms with Crippen molar-refractivity contribution < 1.29 is 28.2 Å². The van der Waals surface area contributed by atoms with E-state index in [4.69, 9.17) is 11.6 Å². The van der Waals surface area contributed by atoms with Crippen LogP contribution >= 0.6 is 11.6 Å². The Labute approximate surface area is 106 Å². The van der Waals surface area contributed by atoms with Gasteiger partial charge in [-0.25, -0.2) is 0 Å². The normalized spacial score (nSPS) is 15.2. The molecule has 0 amide bonds. The molecule has 0 bridgehead atoms. The minimum Gasteiger partial charge on any atom is -0.389 e. The zero-order valence-corrected chi connectivity index (χ0v) is 9.74. The molecule has 1 aromatic carbocycles. The van der Waals surface area contributed by atoms with Crippen molar-refractivity contribution >= 4 is 17.4 Å². The van der Waals surface area contributed by atoms with Crippen molar-refractivity contribution in [2.24, 2.45) is 0 Å². The van der Waals surface area contributed by atoms with Crippen LogP contribution in [0.2, 0.25) is 0 Å². The second kappa shape index (κ2) is 5.69. The number of aliphatic hydroxyl groups excluding tert-OH is 2. The number of hydrogen-bond donors (Lipinski definition) is 2. The Morgan fingerprint density at radius 3 is 2.44 bits per heavy atom. The van der Waals surface area contributed by atoms with Crippen LogP contribution < -0.4 is 0 Å². The highest BCUT2D eigenvalue weighted by Gasteiger charge is 2.39. The van der Waals surface area contributed by atoms with Crippen LogP contribution in [0.25, 0.3) is 0 Å². The number of benzene rings is 1. The molecule has 0 aliphatic rings. The standard InChI is InChI=1S/C11H10ClF3O3/c12-5-8(16)9(17)6-2-1-3-7(4-6)10(18)11(13,14)15/h1-4,8-9,16-17H,5H2. The monoisotopic (exact) mass is 282 g/mol. The fourth-order valence-corrected chi connectivity index (χ4v) is 1.50. The summed E-state index contributed by atoms with van der Waals surface area (Å²) in [6, 6.07) is 4.36. The molecule has 7 heteroatoms. The number of ketones is 1. The number of carbonyl (C=O) groups excluding carboxylic acids is 1. The van der Waals surface area contributed by atoms with E-state index in [1.54, 1.807) is 0 Å². The average Bonchev–Trinajstić information content (AvgIpc) is 2.35. The summed E-state index contributed by atoms with van der Waals surface area (Å²) in [6.07, 6.45) is -7.74. The first-order valence-corrected chi connectivity index (χ1v) is 5.44. The van der Waals surface area contributed by atoms with Crippen LogP contribution in [-0.4, -0.2) is 34.2 Å². The van der Waals surface area contributed by atoms with E-state index in [2.05, 4.69) is 0 Å². The van der Waals surface area contributed by atoms with E-state index in [0.717, 1.165) is 12.1 Å². The van der Waals surface area contributed by atoms with E-state index in [9.17, 15) is 28.2 Å². The molecule has 2 atom stereocenters. The molecule has 18 heavy (non-hydrogen) atoms. The predicted octanol–water partition coefficient (Wildman–Crippen LogP) is 2.06. The van der Waals surface area contributed by atoms with E-state index in [-0.39, 0.29) is 11.4 Å². The van der Waals surface area contributed by atoms with Gasteiger partial charge in [0.25, 0.3) is 5.78 Å². The van der Waals surface area contributed by atoms with Gasteiger partial charge in [0.05, 0.1) is 12.0 Å². The maximum atomic E-state index is 12.2. The van der Waals surface area contributed by atoms with Gasteiger partial charge in [-0.05, 0) is 11.6 Å². The van der Waals surface area contributed by atoms with Crippen molar-refractivity contribution in [1.29, 1.82) is 0 Å². The molecule has 2 unspecified atom stereocenters. The van der Waals surface area contributed by atoms with Gasteiger partial charge in [0.1, 0.15) is 6.10 Å². The van der Waals surface area contributed by atoms with Gasteiger partial charge in [-0.2, -0.15) is 13.2 Å². The quantitative estimate of drug-likeness (QED) is 0.656. The number of hydrogen-bond acceptors (Lipinski definition) is 3. The van der Waals surface area contributed by atoms with Gasteiger partial charge in [-0.15, -0.1) is 11.6 Å². The molecule has 2 N–H and O–H groups in total. The molecule has 0 aromatic heterocycles. The summed E-state index contributed by atoms with van der Waals surface area (Å²) in [7, 11) is 0. The summed E-state index contributed by atoms with van der Waals surface area (Å²) >= 11 is 5.31. The lowest BCUT2D eigenvalue weighted by Gasteiger charge is -2.16. The number of alkyl halides is 4. The highest BCUT2D eigenvalue weighted by Crippen LogP contribution is 2.24. The van der Waals surface area contributed by atoms with Crippen molar-refractivity contribution in [3.8, 4) is 0 Å². The minimum atomic E-state index is -4.98. The minimum absolute atomic E-state index is 0.00162. The van der Waals surface area contributed by atoms with Crippen molar-refractivity contribution in [3.05, 3.63) is 35.4 Å². The van der Waals surface area contributed by atoms with Gasteiger partial charge in [0.15, 0.2) is 0 Å². The molecule has 0 saturated heterocycles. The summed E-state index contributed by atoms with van der Waals surface area (Å²) in [6.45, 7) is 0. The van der Waals surface area contributed by atoms with Crippen molar-refractivity contribution in [2.75, 3.05) is 5.88 Å². The molecule has 1 rings (SSSR count). The van der Waals surface area contributed by atoms with Gasteiger partial charge in [0.2, 0.25) is 0 Å². The first-order chi connectivity index (χ1) is 8.27. The highest BCUT2D eigenvalue weighted by atomic mass is 35.5. The first-order valence-electron chi connectivity index (χ1n) is 4.91. The summed E-state index contributed by atoms with van der Waals surface area (Å²) in [5.41, 5.74) is -0.598. The van der Waals surface area contributed by atoms with Gasteiger partial charge >= 0.3 is 6.18 Å². The smallest absolute Gasteiger partial charge is 0.389 e. The number of aliphatic hydroxyl groups is 2. The lowest BCUT2D eigenvalue weighted by molar-refractivity contribution is -0.0885. The SMILES string of the molecule is O=C(c1cccc(C(O)C(O)CCl)c1)C(F)(F)F. The predicted molar refractivity (Wildman–Crippen MR) is 58.5 cm³/mol. The van der Waals surface area contributed by atoms with Gasteiger partial charge in [0, 0.05) is 5.56 Å². The fraction of sp³-hybridized carbons (Fsp3) is 0.364. The Morgan fingerprint density at radius 2 is 1.94 bits per heavy atom. The third-order valence-electron chi connectivity index (χ3n) is 2.27. The summed E-state index contributed by atoms with van der Waals surface area (Å²) in [5, 5.41) is 18.9. The molecular formula is C11H10ClF3O3. The summed E-state index contributed by atoms with van der Waals surface area (Å²) in [5.74, 6) is -2.28. The zero-order chi connectivity index (χ0) is 13.9. The second-order valence-corrected chi connectivity index (χ2v) is 3.93. The molecule has 0 radical (unpaired) electrons. The molecule has 3 nitrogen and oxygen atoms in total. The molecule has 0 aliphatic carbocycles. The van der Waals surface area contributed by atoms with Crippen LogP contribution in [0.1, 0.15) is 22.0 Å². The van der Waals surface area contributed by atoms with E-state index in [0.29, 0.717) is 0 Å². The van der Waals surface area contributed by atoms with Crippen molar-refractivity contribution in [1.82, 2.24) is 0 Å². The molecule has 0 heterocycles. The van der Waals surface area contributed by atoms with Crippen molar-refractivity contribution in [2.45, 2.75) is 18.4 Å². The van der Waals surface area contributed by atoms with Crippen LogP contribution in [0, 0.1) is 0 Å². The van der Waals surface area contributed by atoms with Crippen molar-refractivity contribution in [3.63, 3.8) is 0 Å². The molecule has 1 aromatic rings. The lowest BCUT2D eigenvalue weighted by Crippen LogP contribution is -2.24. The number of carbonyl (C=O) groups is 1. The van der Waals surface area contributed by atoms with Gasteiger partial charge < -0.3 is 10.2 Å². The number of halogens is 4. The van der Waals surface area contributed by atoms with Crippen LogP contribution in [0.4, 0.5) is 13.2 Å². The molecule has 100 valence electrons. The first kappa shape index (κ1) is 14.9. The van der Waals surface area contributed by atoms with Crippen LogP contribution in [-0.2, 0) is 0 Å². The Morgan fingerprint density at radius 1 is 1.33 bits per heavy atom. The fourth-order valence-electron chi connectivity index (χ4n) is 1.33. The van der Waals surface area contributed by atoms with Crippen LogP contribution in [0.15, 0.2) is 24.3 Å². The van der Waals surface area contributed by atoms with E-state index in [1.165, 1.54) is 12.1 Å². The van der Waals surface area contributed by atoms with E-state index in [1.807, 2.05) is 0 Å². The third kappa shape index (κ3) is 3.44. The maximum Gasteiger partial charge on any atom is 0.454 e. The maximum absolute atomic E-state index is 12.2. The molecule has 0 saturated carbocycles. The van der Waals surface area contributed by atoms with Crippen LogP contribution in [0.3, 0.4) is 0 Å². The summed E-state index contributed by atoms with van der Waals surface area (Å²) in [4.78, 5) is 11.0. The van der Waals surface area contributed by atoms with Crippen LogP contribution in [0.5, 0.6) is 0 Å². The number of Topliss-reactive ketones (excluding diaryl/α,β-unsaturated/α-hetero) is 1. The zero-order valence-electron chi connectivity index (χ0n) is 8.99. The highest BCUT2D eigenvalue weighted by molar-refractivity contribution is 6.18. The Bertz CT molecular complexity index is 434. The largest absolute Gasteiger partial charge is 0.454 e. The Kier molecular flexibility index (Phi) is 4.72. The van der Waals surface area contributed by atoms with E-state index >= 15 is 0 Å². The molecular weight excluding hydrogens is 273 g/mol. The topological polar surface area (TPSA) is 57.5 Å². The van der Waals surface area contributed by atoms with Gasteiger partial charge in [-0.3, -0.25) is 4.79 Å². The van der Waals surface area contributed by atoms with E-state index < -0.39 is 29.7 Å². The summed E-state index contributed by atoms with van der Waals surface area (Å²) < 4.78 is 36.6. The number of rotatable bonds is 4. The molecule has 0 spiro atoms. The van der Waals surface area contributed by atoms with Gasteiger partial charge in [-0.1, -0.05) is 18.2 Å². The second-order valence-electron chi connectivity index (χ2n) is 3.62.